The Kier molecular flexibility index (Phi) is 5.72. The highest BCUT2D eigenvalue weighted by Gasteiger charge is 2.19. The van der Waals surface area contributed by atoms with Crippen LogP contribution in [0.25, 0.3) is 0 Å². The van der Waals surface area contributed by atoms with E-state index in [1.165, 1.54) is 5.56 Å². The van der Waals surface area contributed by atoms with Crippen LogP contribution in [0.3, 0.4) is 0 Å². The van der Waals surface area contributed by atoms with Gasteiger partial charge in [-0.25, -0.2) is 4.98 Å². The molecule has 0 aliphatic heterocycles. The number of rotatable bonds is 6. The molecule has 0 aliphatic carbocycles. The van der Waals surface area contributed by atoms with Gasteiger partial charge in [-0.15, -0.1) is 11.3 Å². The van der Waals surface area contributed by atoms with Gasteiger partial charge in [0.2, 0.25) is 5.91 Å². The van der Waals surface area contributed by atoms with Gasteiger partial charge in [-0.3, -0.25) is 4.79 Å². The van der Waals surface area contributed by atoms with Gasteiger partial charge in [0.1, 0.15) is 0 Å². The first-order chi connectivity index (χ1) is 10.5. The summed E-state index contributed by atoms with van der Waals surface area (Å²) in [6.07, 6.45) is 1.38. The van der Waals surface area contributed by atoms with Crippen LogP contribution in [0.5, 0.6) is 0 Å². The molecular formula is C18H24N2OS. The molecule has 0 spiro atoms. The third-order valence-electron chi connectivity index (χ3n) is 3.74. The number of thiazole rings is 1. The molecule has 1 N–H and O–H groups in total. The summed E-state index contributed by atoms with van der Waals surface area (Å²) in [5, 5.41) is 6.11. The second kappa shape index (κ2) is 7.54. The zero-order chi connectivity index (χ0) is 16.1. The maximum absolute atomic E-state index is 12.3. The summed E-state index contributed by atoms with van der Waals surface area (Å²) in [5.74, 6) is 0.372. The largest absolute Gasteiger partial charge is 0.349 e. The van der Waals surface area contributed by atoms with E-state index in [-0.39, 0.29) is 11.9 Å². The summed E-state index contributed by atoms with van der Waals surface area (Å²) in [5.41, 5.74) is 3.33. The fourth-order valence-corrected chi connectivity index (χ4v) is 3.09. The third kappa shape index (κ3) is 4.41. The number of carbonyl (C=O) groups is 1. The molecule has 1 atom stereocenters. The van der Waals surface area contributed by atoms with E-state index in [2.05, 4.69) is 55.3 Å². The quantitative estimate of drug-likeness (QED) is 0.873. The van der Waals surface area contributed by atoms with Crippen molar-refractivity contribution in [1.29, 1.82) is 0 Å². The van der Waals surface area contributed by atoms with Gasteiger partial charge in [0.05, 0.1) is 23.2 Å². The summed E-state index contributed by atoms with van der Waals surface area (Å²) in [6.45, 7) is 8.36. The highest BCUT2D eigenvalue weighted by Crippen LogP contribution is 2.22. The molecule has 22 heavy (non-hydrogen) atoms. The molecule has 3 nitrogen and oxygen atoms in total. The molecule has 1 aromatic carbocycles. The Hall–Kier alpha value is -1.68. The Balaban J connectivity index is 2.05. The number of aryl methyl sites for hydroxylation is 2. The second-order valence-corrected chi connectivity index (χ2v) is 6.98. The predicted octanol–water partition coefficient (Wildman–Crippen LogP) is 4.07. The van der Waals surface area contributed by atoms with Crippen LogP contribution in [0.4, 0.5) is 0 Å². The zero-order valence-electron chi connectivity index (χ0n) is 13.7. The molecule has 118 valence electrons. The molecule has 0 radical (unpaired) electrons. The van der Waals surface area contributed by atoms with Crippen LogP contribution in [-0.4, -0.2) is 10.9 Å². The van der Waals surface area contributed by atoms with Crippen molar-refractivity contribution >= 4 is 17.2 Å². The lowest BCUT2D eigenvalue weighted by molar-refractivity contribution is -0.121. The maximum atomic E-state index is 12.3. The van der Waals surface area contributed by atoms with E-state index < -0.39 is 0 Å². The first-order valence-corrected chi connectivity index (χ1v) is 8.66. The summed E-state index contributed by atoms with van der Waals surface area (Å²) >= 11 is 1.58. The zero-order valence-corrected chi connectivity index (χ0v) is 14.5. The molecule has 0 unspecified atom stereocenters. The Morgan fingerprint density at radius 2 is 1.95 bits per heavy atom. The van der Waals surface area contributed by atoms with Gasteiger partial charge in [0.25, 0.3) is 0 Å². The smallest absolute Gasteiger partial charge is 0.226 e. The minimum Gasteiger partial charge on any atom is -0.349 e. The average molecular weight is 316 g/mol. The van der Waals surface area contributed by atoms with Crippen LogP contribution in [0.2, 0.25) is 0 Å². The topological polar surface area (TPSA) is 42.0 Å². The van der Waals surface area contributed by atoms with E-state index in [1.54, 1.807) is 11.3 Å². The van der Waals surface area contributed by atoms with Gasteiger partial charge in [-0.2, -0.15) is 0 Å². The van der Waals surface area contributed by atoms with E-state index in [0.29, 0.717) is 12.3 Å². The number of hydrogen-bond acceptors (Lipinski definition) is 3. The molecule has 1 aromatic heterocycles. The van der Waals surface area contributed by atoms with Gasteiger partial charge in [-0.1, -0.05) is 45.0 Å². The molecule has 0 bridgehead atoms. The molecule has 1 heterocycles. The van der Waals surface area contributed by atoms with Crippen molar-refractivity contribution in [3.63, 3.8) is 0 Å². The van der Waals surface area contributed by atoms with Crippen LogP contribution < -0.4 is 5.32 Å². The Morgan fingerprint density at radius 3 is 2.45 bits per heavy atom. The van der Waals surface area contributed by atoms with Crippen molar-refractivity contribution in [3.05, 3.63) is 51.5 Å². The molecule has 1 amide bonds. The van der Waals surface area contributed by atoms with Crippen molar-refractivity contribution < 1.29 is 4.79 Å². The summed E-state index contributed by atoms with van der Waals surface area (Å²) in [4.78, 5) is 16.6. The van der Waals surface area contributed by atoms with Crippen molar-refractivity contribution in [3.8, 4) is 0 Å². The number of nitrogens with one attached hydrogen (secondary N) is 1. The maximum Gasteiger partial charge on any atom is 0.226 e. The molecule has 2 rings (SSSR count). The predicted molar refractivity (Wildman–Crippen MR) is 92.1 cm³/mol. The van der Waals surface area contributed by atoms with E-state index in [0.717, 1.165) is 22.7 Å². The lowest BCUT2D eigenvalue weighted by Crippen LogP contribution is -2.32. The van der Waals surface area contributed by atoms with Crippen molar-refractivity contribution in [2.24, 2.45) is 5.92 Å². The van der Waals surface area contributed by atoms with Crippen LogP contribution >= 0.6 is 11.3 Å². The van der Waals surface area contributed by atoms with Crippen LogP contribution in [0.15, 0.2) is 29.6 Å². The van der Waals surface area contributed by atoms with Crippen molar-refractivity contribution in [1.82, 2.24) is 10.3 Å². The number of carbonyl (C=O) groups excluding carboxylic acids is 1. The van der Waals surface area contributed by atoms with Crippen molar-refractivity contribution in [2.75, 3.05) is 0 Å². The lowest BCUT2D eigenvalue weighted by atomic mass is 9.94. The standard InChI is InChI=1S/C18H24N2OS/c1-5-14-6-8-15(9-7-14)18(12(2)3)20-17(21)10-16-11-22-13(4)19-16/h6-9,11-12,18H,5,10H2,1-4H3,(H,20,21)/t18-/m0/s1. The lowest BCUT2D eigenvalue weighted by Gasteiger charge is -2.23. The van der Waals surface area contributed by atoms with E-state index in [9.17, 15) is 4.79 Å². The Morgan fingerprint density at radius 1 is 1.27 bits per heavy atom. The van der Waals surface area contributed by atoms with E-state index in [1.807, 2.05) is 12.3 Å². The normalized spacial score (nSPS) is 12.4. The fourth-order valence-electron chi connectivity index (χ4n) is 2.47. The molecular weight excluding hydrogens is 292 g/mol. The monoisotopic (exact) mass is 316 g/mol. The Labute approximate surface area is 136 Å². The summed E-state index contributed by atoms with van der Waals surface area (Å²) in [7, 11) is 0. The van der Waals surface area contributed by atoms with E-state index in [4.69, 9.17) is 0 Å². The first-order valence-electron chi connectivity index (χ1n) is 7.78. The highest BCUT2D eigenvalue weighted by molar-refractivity contribution is 7.09. The molecule has 0 saturated heterocycles. The number of aromatic nitrogens is 1. The molecule has 2 aromatic rings. The fraction of sp³-hybridized carbons (Fsp3) is 0.444. The molecule has 0 saturated carbocycles. The summed E-state index contributed by atoms with van der Waals surface area (Å²) < 4.78 is 0. The summed E-state index contributed by atoms with van der Waals surface area (Å²) in [6, 6.07) is 8.56. The van der Waals surface area contributed by atoms with Gasteiger partial charge < -0.3 is 5.32 Å². The first kappa shape index (κ1) is 16.7. The van der Waals surface area contributed by atoms with Crippen LogP contribution in [-0.2, 0) is 17.6 Å². The van der Waals surface area contributed by atoms with Crippen molar-refractivity contribution in [2.45, 2.75) is 46.6 Å². The van der Waals surface area contributed by atoms with Gasteiger partial charge >= 0.3 is 0 Å². The molecule has 0 aliphatic rings. The second-order valence-electron chi connectivity index (χ2n) is 5.92. The van der Waals surface area contributed by atoms with E-state index >= 15 is 0 Å². The third-order valence-corrected chi connectivity index (χ3v) is 4.56. The van der Waals surface area contributed by atoms with Gasteiger partial charge in [0, 0.05) is 5.38 Å². The van der Waals surface area contributed by atoms with Crippen LogP contribution in [0, 0.1) is 12.8 Å². The Bertz CT molecular complexity index is 616. The number of hydrogen-bond donors (Lipinski definition) is 1. The van der Waals surface area contributed by atoms with Gasteiger partial charge in [-0.05, 0) is 30.4 Å². The minimum absolute atomic E-state index is 0.0311. The number of benzene rings is 1. The van der Waals surface area contributed by atoms with Crippen LogP contribution in [0.1, 0.15) is 48.6 Å². The molecule has 4 heteroatoms. The average Bonchev–Trinajstić information content (AvgIpc) is 2.89. The number of amides is 1. The molecule has 0 fully saturated rings. The SMILES string of the molecule is CCc1ccc([C@@H](NC(=O)Cc2csc(C)n2)C(C)C)cc1. The van der Waals surface area contributed by atoms with Gasteiger partial charge in [0.15, 0.2) is 0 Å². The number of nitrogens with zero attached hydrogens (tertiary/aromatic N) is 1. The highest BCUT2D eigenvalue weighted by atomic mass is 32.1. The minimum atomic E-state index is 0.0311.